The van der Waals surface area contributed by atoms with Crippen molar-refractivity contribution in [2.75, 3.05) is 0 Å². The molecule has 12 heteroatoms. The predicted octanol–water partition coefficient (Wildman–Crippen LogP) is 2.89. The number of rotatable bonds is 5. The summed E-state index contributed by atoms with van der Waals surface area (Å²) in [5.41, 5.74) is 4.47. The van der Waals surface area contributed by atoms with Crippen LogP contribution in [0.1, 0.15) is 11.1 Å². The Bertz CT molecular complexity index is 1240. The zero-order valence-electron chi connectivity index (χ0n) is 15.0. The van der Waals surface area contributed by atoms with Gasteiger partial charge in [0.15, 0.2) is 0 Å². The Balaban J connectivity index is 2.39. The van der Waals surface area contributed by atoms with E-state index in [4.69, 9.17) is 22.5 Å². The number of amides is 1. The number of nitrogens with two attached hydrogens (primary N) is 2. The number of hydrogen-bond acceptors (Lipinski definition) is 4. The van der Waals surface area contributed by atoms with Crippen molar-refractivity contribution in [1.82, 2.24) is 9.78 Å². The zero-order valence-corrected chi connectivity index (χ0v) is 16.6. The van der Waals surface area contributed by atoms with E-state index in [9.17, 15) is 26.4 Å². The van der Waals surface area contributed by atoms with Gasteiger partial charge in [-0.3, -0.25) is 4.79 Å². The summed E-state index contributed by atoms with van der Waals surface area (Å²) in [6, 6.07) is 8.63. The van der Waals surface area contributed by atoms with Crippen LogP contribution in [0.5, 0.6) is 0 Å². The summed E-state index contributed by atoms with van der Waals surface area (Å²) in [6.07, 6.45) is -3.82. The Hall–Kier alpha value is -2.89. The molecular weight excluding hydrogens is 445 g/mol. The lowest BCUT2D eigenvalue weighted by molar-refractivity contribution is -0.137. The van der Waals surface area contributed by atoms with Gasteiger partial charge in [0.25, 0.3) is 0 Å². The minimum atomic E-state index is -4.68. The van der Waals surface area contributed by atoms with Gasteiger partial charge in [0.1, 0.15) is 4.90 Å². The summed E-state index contributed by atoms with van der Waals surface area (Å²) in [7, 11) is -4.50. The number of carbonyl (C=O) groups excluding carboxylic acids is 1. The van der Waals surface area contributed by atoms with Gasteiger partial charge in [-0.15, -0.1) is 0 Å². The second-order valence-corrected chi connectivity index (χ2v) is 8.25. The van der Waals surface area contributed by atoms with Crippen LogP contribution < -0.4 is 10.9 Å². The molecule has 0 fully saturated rings. The topological polar surface area (TPSA) is 121 Å². The van der Waals surface area contributed by atoms with Gasteiger partial charge in [-0.25, -0.2) is 18.2 Å². The number of primary sulfonamides is 1. The van der Waals surface area contributed by atoms with Crippen LogP contribution in [0.2, 0.25) is 5.02 Å². The summed E-state index contributed by atoms with van der Waals surface area (Å²) in [4.78, 5) is 11.0. The van der Waals surface area contributed by atoms with Crippen LogP contribution in [0.3, 0.4) is 0 Å². The zero-order chi connectivity index (χ0) is 22.3. The van der Waals surface area contributed by atoms with E-state index in [2.05, 4.69) is 5.10 Å². The fourth-order valence-corrected chi connectivity index (χ4v) is 4.15. The van der Waals surface area contributed by atoms with E-state index in [1.54, 1.807) is 12.1 Å². The molecule has 0 saturated heterocycles. The highest BCUT2D eigenvalue weighted by Crippen LogP contribution is 2.37. The normalized spacial score (nSPS) is 12.2. The summed E-state index contributed by atoms with van der Waals surface area (Å²) < 4.78 is 64.7. The van der Waals surface area contributed by atoms with Crippen LogP contribution in [0.15, 0.2) is 53.7 Å². The molecule has 0 unspecified atom stereocenters. The van der Waals surface area contributed by atoms with Gasteiger partial charge in [-0.1, -0.05) is 29.8 Å². The molecule has 0 radical (unpaired) electrons. The highest BCUT2D eigenvalue weighted by molar-refractivity contribution is 7.89. The first kappa shape index (κ1) is 21.8. The third kappa shape index (κ3) is 4.48. The van der Waals surface area contributed by atoms with Crippen molar-refractivity contribution in [3.63, 3.8) is 0 Å². The molecule has 3 rings (SSSR count). The van der Waals surface area contributed by atoms with Crippen molar-refractivity contribution in [3.05, 3.63) is 64.9 Å². The standard InChI is InChI=1S/C18H14ClF3N4O3S/c19-13-3-1-2-10(6-13)16-11(7-15(23)27)4-5-14(17(16)30(24,28)29)26-9-12(8-25-26)18(20,21)22/h1-6,8-9H,7H2,(H2,23,27)(H2,24,28,29). The Morgan fingerprint density at radius 3 is 2.43 bits per heavy atom. The molecule has 0 aliphatic heterocycles. The van der Waals surface area contributed by atoms with Crippen LogP contribution in [0.25, 0.3) is 16.8 Å². The van der Waals surface area contributed by atoms with Crippen LogP contribution >= 0.6 is 11.6 Å². The molecule has 3 aromatic rings. The van der Waals surface area contributed by atoms with Gasteiger partial charge in [-0.2, -0.15) is 18.3 Å². The quantitative estimate of drug-likeness (QED) is 0.610. The summed E-state index contributed by atoms with van der Waals surface area (Å²) in [5, 5.41) is 9.32. The van der Waals surface area contributed by atoms with Gasteiger partial charge >= 0.3 is 6.18 Å². The van der Waals surface area contributed by atoms with E-state index in [-0.39, 0.29) is 33.8 Å². The van der Waals surface area contributed by atoms with Gasteiger partial charge in [0.05, 0.1) is 23.9 Å². The molecule has 0 bridgehead atoms. The third-order valence-electron chi connectivity index (χ3n) is 4.14. The van der Waals surface area contributed by atoms with Gasteiger partial charge in [0, 0.05) is 16.8 Å². The molecule has 0 atom stereocenters. The smallest absolute Gasteiger partial charge is 0.369 e. The average molecular weight is 459 g/mol. The van der Waals surface area contributed by atoms with Gasteiger partial charge < -0.3 is 5.73 Å². The average Bonchev–Trinajstić information content (AvgIpc) is 3.10. The fraction of sp³-hybridized carbons (Fsp3) is 0.111. The molecule has 158 valence electrons. The maximum atomic E-state index is 13.0. The minimum Gasteiger partial charge on any atom is -0.369 e. The van der Waals surface area contributed by atoms with Crippen molar-refractivity contribution < 1.29 is 26.4 Å². The number of primary amides is 1. The fourth-order valence-electron chi connectivity index (χ4n) is 2.98. The lowest BCUT2D eigenvalue weighted by Crippen LogP contribution is -2.20. The van der Waals surface area contributed by atoms with E-state index in [0.717, 1.165) is 4.68 Å². The predicted molar refractivity (Wildman–Crippen MR) is 103 cm³/mol. The molecule has 2 aromatic carbocycles. The SMILES string of the molecule is NC(=O)Cc1ccc(-n2cc(C(F)(F)F)cn2)c(S(N)(=O)=O)c1-c1cccc(Cl)c1. The highest BCUT2D eigenvalue weighted by Gasteiger charge is 2.33. The van der Waals surface area contributed by atoms with E-state index in [1.807, 2.05) is 0 Å². The van der Waals surface area contributed by atoms with Crippen molar-refractivity contribution in [3.8, 4) is 16.8 Å². The summed E-state index contributed by atoms with van der Waals surface area (Å²) in [6.45, 7) is 0. The number of aromatic nitrogens is 2. The van der Waals surface area contributed by atoms with Crippen molar-refractivity contribution >= 4 is 27.5 Å². The van der Waals surface area contributed by atoms with Crippen LogP contribution in [-0.2, 0) is 27.4 Å². The first-order valence-electron chi connectivity index (χ1n) is 8.23. The molecule has 30 heavy (non-hydrogen) atoms. The van der Waals surface area contributed by atoms with E-state index < -0.39 is 32.6 Å². The number of carbonyl (C=O) groups is 1. The van der Waals surface area contributed by atoms with Crippen molar-refractivity contribution in [2.45, 2.75) is 17.5 Å². The van der Waals surface area contributed by atoms with E-state index >= 15 is 0 Å². The lowest BCUT2D eigenvalue weighted by atomic mass is 9.96. The number of alkyl halides is 3. The number of benzene rings is 2. The second kappa shape index (κ2) is 7.74. The summed E-state index contributed by atoms with van der Waals surface area (Å²) >= 11 is 6.01. The maximum Gasteiger partial charge on any atom is 0.419 e. The number of nitrogens with zero attached hydrogens (tertiary/aromatic N) is 2. The Morgan fingerprint density at radius 1 is 1.20 bits per heavy atom. The van der Waals surface area contributed by atoms with Crippen LogP contribution in [-0.4, -0.2) is 24.1 Å². The van der Waals surface area contributed by atoms with Crippen molar-refractivity contribution in [1.29, 1.82) is 0 Å². The van der Waals surface area contributed by atoms with E-state index in [1.165, 1.54) is 24.3 Å². The Labute approximate surface area is 174 Å². The second-order valence-electron chi connectivity index (χ2n) is 6.32. The van der Waals surface area contributed by atoms with Crippen LogP contribution in [0, 0.1) is 0 Å². The molecule has 0 spiro atoms. The molecule has 1 heterocycles. The third-order valence-corrected chi connectivity index (χ3v) is 5.36. The van der Waals surface area contributed by atoms with E-state index in [0.29, 0.717) is 12.4 Å². The molecule has 4 N–H and O–H groups in total. The molecule has 7 nitrogen and oxygen atoms in total. The number of sulfonamides is 1. The summed E-state index contributed by atoms with van der Waals surface area (Å²) in [5.74, 6) is -0.746. The molecular formula is C18H14ClF3N4O3S. The van der Waals surface area contributed by atoms with Gasteiger partial charge in [-0.05, 0) is 29.3 Å². The first-order chi connectivity index (χ1) is 13.9. The number of hydrogen-bond donors (Lipinski definition) is 2. The largest absolute Gasteiger partial charge is 0.419 e. The highest BCUT2D eigenvalue weighted by atomic mass is 35.5. The monoisotopic (exact) mass is 458 g/mol. The maximum absolute atomic E-state index is 13.0. The molecule has 1 aromatic heterocycles. The molecule has 0 aliphatic carbocycles. The Kier molecular flexibility index (Phi) is 5.63. The molecule has 1 amide bonds. The number of halogens is 4. The first-order valence-corrected chi connectivity index (χ1v) is 10.2. The Morgan fingerprint density at radius 2 is 1.90 bits per heavy atom. The van der Waals surface area contributed by atoms with Crippen molar-refractivity contribution in [2.24, 2.45) is 10.9 Å². The molecule has 0 aliphatic rings. The van der Waals surface area contributed by atoms with Crippen LogP contribution in [0.4, 0.5) is 13.2 Å². The molecule has 0 saturated carbocycles. The van der Waals surface area contributed by atoms with Gasteiger partial charge in [0.2, 0.25) is 15.9 Å². The minimum absolute atomic E-state index is 0.000332. The lowest BCUT2D eigenvalue weighted by Gasteiger charge is -2.17.